The summed E-state index contributed by atoms with van der Waals surface area (Å²) in [4.78, 5) is 7.29. The van der Waals surface area contributed by atoms with Crippen LogP contribution < -0.4 is 0 Å². The monoisotopic (exact) mass is 232 g/mol. The van der Waals surface area contributed by atoms with E-state index in [2.05, 4.69) is 16.0 Å². The second kappa shape index (κ2) is 5.12. The average Bonchev–Trinajstić information content (AvgIpc) is 2.71. The fourth-order valence-electron chi connectivity index (χ4n) is 1.87. The minimum Gasteiger partial charge on any atom is -0.390 e. The normalized spacial score (nSPS) is 10.8. The number of hydrogen-bond acceptors (Lipinski definition) is 3. The molecule has 3 N–H and O–H groups in total. The number of benzene rings is 1. The third-order valence-corrected chi connectivity index (χ3v) is 2.68. The number of imidazole rings is 1. The predicted octanol–water partition coefficient (Wildman–Crippen LogP) is 1.29. The highest BCUT2D eigenvalue weighted by atomic mass is 16.3. The molecule has 0 amide bonds. The summed E-state index contributed by atoms with van der Waals surface area (Å²) in [7, 11) is 0. The maximum atomic E-state index is 9.09. The van der Waals surface area contributed by atoms with E-state index in [1.807, 2.05) is 25.1 Å². The molecule has 4 heteroatoms. The first-order valence-electron chi connectivity index (χ1n) is 5.57. The summed E-state index contributed by atoms with van der Waals surface area (Å²) in [6, 6.07) is 8.18. The molecular formula is C13H16N2O2. The molecule has 2 aromatic rings. The molecule has 0 aliphatic rings. The first-order chi connectivity index (χ1) is 8.22. The Labute approximate surface area is 100.0 Å². The van der Waals surface area contributed by atoms with E-state index in [-0.39, 0.29) is 13.2 Å². The zero-order valence-corrected chi connectivity index (χ0v) is 9.77. The summed E-state index contributed by atoms with van der Waals surface area (Å²) in [6.07, 6.45) is 0.675. The van der Waals surface area contributed by atoms with E-state index in [1.165, 1.54) is 5.56 Å². The number of aliphatic hydroxyl groups is 2. The number of aromatic amines is 1. The van der Waals surface area contributed by atoms with Crippen LogP contribution in [0.3, 0.4) is 0 Å². The lowest BCUT2D eigenvalue weighted by Gasteiger charge is -1.99. The van der Waals surface area contributed by atoms with Gasteiger partial charge in [0.25, 0.3) is 0 Å². The highest BCUT2D eigenvalue weighted by molar-refractivity contribution is 5.26. The van der Waals surface area contributed by atoms with Gasteiger partial charge in [0.2, 0.25) is 0 Å². The SMILES string of the molecule is Cc1cccc(Cc2nc(CO)c(CO)[nH]2)c1. The van der Waals surface area contributed by atoms with Crippen LogP contribution in [0.2, 0.25) is 0 Å². The molecule has 0 aliphatic heterocycles. The molecule has 2 rings (SSSR count). The number of aryl methyl sites for hydroxylation is 1. The van der Waals surface area contributed by atoms with Crippen molar-refractivity contribution in [3.8, 4) is 0 Å². The van der Waals surface area contributed by atoms with Crippen LogP contribution in [0.4, 0.5) is 0 Å². The molecule has 0 fully saturated rings. The van der Waals surface area contributed by atoms with E-state index < -0.39 is 0 Å². The Morgan fingerprint density at radius 3 is 2.65 bits per heavy atom. The van der Waals surface area contributed by atoms with E-state index in [9.17, 15) is 0 Å². The third-order valence-electron chi connectivity index (χ3n) is 2.68. The molecule has 0 aliphatic carbocycles. The van der Waals surface area contributed by atoms with E-state index in [0.29, 0.717) is 17.8 Å². The first-order valence-corrected chi connectivity index (χ1v) is 5.57. The van der Waals surface area contributed by atoms with Crippen LogP contribution in [-0.2, 0) is 19.6 Å². The minimum atomic E-state index is -0.153. The molecule has 0 radical (unpaired) electrons. The Kier molecular flexibility index (Phi) is 3.56. The van der Waals surface area contributed by atoms with Crippen LogP contribution in [-0.4, -0.2) is 20.2 Å². The Hall–Kier alpha value is -1.65. The van der Waals surface area contributed by atoms with Gasteiger partial charge in [0.15, 0.2) is 0 Å². The molecule has 1 aromatic heterocycles. The molecule has 0 saturated heterocycles. The second-order valence-electron chi connectivity index (χ2n) is 4.09. The van der Waals surface area contributed by atoms with Crippen molar-refractivity contribution in [1.29, 1.82) is 0 Å². The number of H-pyrrole nitrogens is 1. The van der Waals surface area contributed by atoms with Gasteiger partial charge in [-0.25, -0.2) is 4.98 Å². The Morgan fingerprint density at radius 2 is 2.06 bits per heavy atom. The zero-order chi connectivity index (χ0) is 12.3. The number of nitrogens with one attached hydrogen (secondary N) is 1. The molecule has 17 heavy (non-hydrogen) atoms. The van der Waals surface area contributed by atoms with Gasteiger partial charge in [0.05, 0.1) is 24.6 Å². The van der Waals surface area contributed by atoms with Gasteiger partial charge in [0.1, 0.15) is 5.82 Å². The molecule has 0 atom stereocenters. The average molecular weight is 232 g/mol. The van der Waals surface area contributed by atoms with Crippen molar-refractivity contribution >= 4 is 0 Å². The molecular weight excluding hydrogens is 216 g/mol. The highest BCUT2D eigenvalue weighted by Crippen LogP contribution is 2.12. The van der Waals surface area contributed by atoms with Crippen molar-refractivity contribution in [3.63, 3.8) is 0 Å². The third kappa shape index (κ3) is 2.72. The lowest BCUT2D eigenvalue weighted by molar-refractivity contribution is 0.255. The summed E-state index contributed by atoms with van der Waals surface area (Å²) in [5.74, 6) is 0.767. The fourth-order valence-corrected chi connectivity index (χ4v) is 1.87. The number of hydrogen-bond donors (Lipinski definition) is 3. The van der Waals surface area contributed by atoms with Crippen LogP contribution in [0.25, 0.3) is 0 Å². The molecule has 0 unspecified atom stereocenters. The lowest BCUT2D eigenvalue weighted by Crippen LogP contribution is -1.92. The van der Waals surface area contributed by atoms with Crippen molar-refractivity contribution < 1.29 is 10.2 Å². The van der Waals surface area contributed by atoms with Crippen LogP contribution in [0, 0.1) is 6.92 Å². The molecule has 4 nitrogen and oxygen atoms in total. The maximum absolute atomic E-state index is 9.09. The number of aliphatic hydroxyl groups excluding tert-OH is 2. The summed E-state index contributed by atoms with van der Waals surface area (Å²) in [5, 5.41) is 18.2. The largest absolute Gasteiger partial charge is 0.390 e. The van der Waals surface area contributed by atoms with Gasteiger partial charge in [-0.2, -0.15) is 0 Å². The summed E-state index contributed by atoms with van der Waals surface area (Å²) < 4.78 is 0. The number of nitrogens with zero attached hydrogens (tertiary/aromatic N) is 1. The van der Waals surface area contributed by atoms with Gasteiger partial charge >= 0.3 is 0 Å². The van der Waals surface area contributed by atoms with Gasteiger partial charge in [-0.05, 0) is 12.5 Å². The molecule has 90 valence electrons. The Balaban J connectivity index is 2.21. The molecule has 0 bridgehead atoms. The maximum Gasteiger partial charge on any atom is 0.111 e. The zero-order valence-electron chi connectivity index (χ0n) is 9.77. The van der Waals surface area contributed by atoms with Crippen molar-refractivity contribution in [3.05, 3.63) is 52.6 Å². The quantitative estimate of drug-likeness (QED) is 0.744. The van der Waals surface area contributed by atoms with Crippen molar-refractivity contribution in [2.75, 3.05) is 0 Å². The van der Waals surface area contributed by atoms with Crippen LogP contribution in [0.5, 0.6) is 0 Å². The molecule has 1 heterocycles. The topological polar surface area (TPSA) is 69.1 Å². The number of rotatable bonds is 4. The lowest BCUT2D eigenvalue weighted by atomic mass is 10.1. The van der Waals surface area contributed by atoms with Crippen molar-refractivity contribution in [1.82, 2.24) is 9.97 Å². The minimum absolute atomic E-state index is 0.128. The molecule has 0 spiro atoms. The van der Waals surface area contributed by atoms with Crippen LogP contribution in [0.1, 0.15) is 28.3 Å². The van der Waals surface area contributed by atoms with Gasteiger partial charge in [0, 0.05) is 6.42 Å². The van der Waals surface area contributed by atoms with Crippen molar-refractivity contribution in [2.45, 2.75) is 26.6 Å². The standard InChI is InChI=1S/C13H16N2O2/c1-9-3-2-4-10(5-9)6-13-14-11(7-16)12(8-17)15-13/h2-5,16-17H,6-8H2,1H3,(H,14,15). The fraction of sp³-hybridized carbons (Fsp3) is 0.308. The Bertz CT molecular complexity index is 484. The van der Waals surface area contributed by atoms with Crippen molar-refractivity contribution in [2.24, 2.45) is 0 Å². The summed E-state index contributed by atoms with van der Waals surface area (Å²) in [5.41, 5.74) is 3.48. The van der Waals surface area contributed by atoms with E-state index in [4.69, 9.17) is 10.2 Å². The Morgan fingerprint density at radius 1 is 1.24 bits per heavy atom. The smallest absolute Gasteiger partial charge is 0.111 e. The predicted molar refractivity (Wildman–Crippen MR) is 64.4 cm³/mol. The van der Waals surface area contributed by atoms with Gasteiger partial charge in [-0.1, -0.05) is 29.8 Å². The summed E-state index contributed by atoms with van der Waals surface area (Å²) >= 11 is 0. The van der Waals surface area contributed by atoms with Gasteiger partial charge in [-0.3, -0.25) is 0 Å². The molecule has 1 aromatic carbocycles. The van der Waals surface area contributed by atoms with E-state index in [1.54, 1.807) is 0 Å². The first kappa shape index (κ1) is 11.8. The highest BCUT2D eigenvalue weighted by Gasteiger charge is 2.08. The number of aromatic nitrogens is 2. The second-order valence-corrected chi connectivity index (χ2v) is 4.09. The molecule has 0 saturated carbocycles. The summed E-state index contributed by atoms with van der Waals surface area (Å²) in [6.45, 7) is 1.76. The van der Waals surface area contributed by atoms with E-state index >= 15 is 0 Å². The van der Waals surface area contributed by atoms with Gasteiger partial charge in [-0.15, -0.1) is 0 Å². The van der Waals surface area contributed by atoms with E-state index in [0.717, 1.165) is 11.4 Å². The van der Waals surface area contributed by atoms with Crippen LogP contribution in [0.15, 0.2) is 24.3 Å². The van der Waals surface area contributed by atoms with Gasteiger partial charge < -0.3 is 15.2 Å². The van der Waals surface area contributed by atoms with Crippen LogP contribution >= 0.6 is 0 Å².